The molecule has 1 aliphatic heterocycles. The van der Waals surface area contributed by atoms with E-state index in [-0.39, 0.29) is 6.42 Å². The van der Waals surface area contributed by atoms with Gasteiger partial charge in [0.25, 0.3) is 0 Å². The summed E-state index contributed by atoms with van der Waals surface area (Å²) in [6.45, 7) is 3.10. The van der Waals surface area contributed by atoms with Crippen molar-refractivity contribution in [2.45, 2.75) is 44.6 Å². The summed E-state index contributed by atoms with van der Waals surface area (Å²) in [4.78, 5) is 12.1. The number of amides is 1. The predicted molar refractivity (Wildman–Crippen MR) is 44.4 cm³/mol. The molecular weight excluding hydrogens is 197 g/mol. The highest BCUT2D eigenvalue weighted by atomic mass is 19.4. The average molecular weight is 210 g/mol. The number of nitrogens with zero attached hydrogens (tertiary/aromatic N) is 1. The molecule has 82 valence electrons. The molecule has 14 heavy (non-hydrogen) atoms. The van der Waals surface area contributed by atoms with Gasteiger partial charge >= 0.3 is 6.18 Å². The second-order valence-electron chi connectivity index (χ2n) is 3.75. The second kappa shape index (κ2) is 3.42. The lowest BCUT2D eigenvalue weighted by Gasteiger charge is -2.31. The molecule has 1 amide bonds. The van der Waals surface area contributed by atoms with Crippen LogP contribution >= 0.6 is 0 Å². The van der Waals surface area contributed by atoms with E-state index in [1.54, 1.807) is 13.8 Å². The Balaban J connectivity index is 2.95. The smallest absolute Gasteiger partial charge is 0.327 e. The van der Waals surface area contributed by atoms with Gasteiger partial charge in [0.2, 0.25) is 5.91 Å². The lowest BCUT2D eigenvalue weighted by molar-refractivity contribution is -0.186. The van der Waals surface area contributed by atoms with E-state index < -0.39 is 30.2 Å². The lowest BCUT2D eigenvalue weighted by atomic mass is 10.1. The zero-order valence-corrected chi connectivity index (χ0v) is 8.01. The van der Waals surface area contributed by atoms with E-state index in [0.717, 1.165) is 4.90 Å². The maximum Gasteiger partial charge on any atom is 0.410 e. The fourth-order valence-electron chi connectivity index (χ4n) is 1.79. The first-order valence-corrected chi connectivity index (χ1v) is 4.38. The zero-order chi connectivity index (χ0) is 11.1. The van der Waals surface area contributed by atoms with Crippen LogP contribution in [0.25, 0.3) is 0 Å². The summed E-state index contributed by atoms with van der Waals surface area (Å²) in [6.07, 6.45) is -4.65. The second-order valence-corrected chi connectivity index (χ2v) is 3.75. The van der Waals surface area contributed by atoms with Gasteiger partial charge in [0.1, 0.15) is 6.04 Å². The van der Waals surface area contributed by atoms with Crippen molar-refractivity contribution in [2.75, 3.05) is 0 Å². The van der Waals surface area contributed by atoms with Crippen molar-refractivity contribution in [3.05, 3.63) is 0 Å². The monoisotopic (exact) mass is 210 g/mol. The molecule has 1 rings (SSSR count). The first kappa shape index (κ1) is 11.3. The molecule has 1 fully saturated rings. The van der Waals surface area contributed by atoms with E-state index in [4.69, 9.17) is 5.73 Å². The minimum atomic E-state index is -4.43. The van der Waals surface area contributed by atoms with Crippen LogP contribution in [0.3, 0.4) is 0 Å². The fraction of sp³-hybridized carbons (Fsp3) is 0.875. The summed E-state index contributed by atoms with van der Waals surface area (Å²) < 4.78 is 37.6. The summed E-state index contributed by atoms with van der Waals surface area (Å²) in [7, 11) is 0. The number of carbonyl (C=O) groups is 1. The zero-order valence-electron chi connectivity index (χ0n) is 8.01. The highest BCUT2D eigenvalue weighted by Crippen LogP contribution is 2.33. The van der Waals surface area contributed by atoms with E-state index in [0.29, 0.717) is 0 Å². The van der Waals surface area contributed by atoms with Crippen molar-refractivity contribution in [2.24, 2.45) is 5.73 Å². The molecule has 1 heterocycles. The molecule has 0 bridgehead atoms. The van der Waals surface area contributed by atoms with Gasteiger partial charge in [-0.3, -0.25) is 4.79 Å². The van der Waals surface area contributed by atoms with Gasteiger partial charge in [-0.1, -0.05) is 0 Å². The van der Waals surface area contributed by atoms with E-state index in [2.05, 4.69) is 0 Å². The third kappa shape index (κ3) is 1.84. The first-order valence-electron chi connectivity index (χ1n) is 4.38. The Morgan fingerprint density at radius 2 is 2.00 bits per heavy atom. The number of halogens is 3. The van der Waals surface area contributed by atoms with E-state index >= 15 is 0 Å². The molecule has 1 saturated heterocycles. The molecule has 0 saturated carbocycles. The third-order valence-corrected chi connectivity index (χ3v) is 2.30. The van der Waals surface area contributed by atoms with Gasteiger partial charge in [0.05, 0.1) is 0 Å². The Bertz CT molecular complexity index is 239. The summed E-state index contributed by atoms with van der Waals surface area (Å²) >= 11 is 0. The lowest BCUT2D eigenvalue weighted by Crippen LogP contribution is -2.52. The Morgan fingerprint density at radius 3 is 2.29 bits per heavy atom. The van der Waals surface area contributed by atoms with Crippen molar-refractivity contribution in [1.82, 2.24) is 4.90 Å². The molecule has 2 N–H and O–H groups in total. The molecule has 0 aromatic rings. The average Bonchev–Trinajstić information content (AvgIpc) is 2.23. The van der Waals surface area contributed by atoms with E-state index in [1.807, 2.05) is 0 Å². The van der Waals surface area contributed by atoms with Crippen molar-refractivity contribution < 1.29 is 18.0 Å². The molecule has 0 radical (unpaired) electrons. The molecule has 0 aliphatic carbocycles. The van der Waals surface area contributed by atoms with Gasteiger partial charge < -0.3 is 10.6 Å². The third-order valence-electron chi connectivity index (χ3n) is 2.30. The van der Waals surface area contributed by atoms with Gasteiger partial charge in [-0.05, 0) is 13.8 Å². The Hall–Kier alpha value is -0.780. The molecule has 3 nitrogen and oxygen atoms in total. The number of nitrogens with two attached hydrogens (primary N) is 1. The highest BCUT2D eigenvalue weighted by molar-refractivity contribution is 5.80. The summed E-state index contributed by atoms with van der Waals surface area (Å²) in [5, 5.41) is 0. The SMILES string of the molecule is CC(C)N1C(=O)C[C@H](N)[C@H]1C(F)(F)F. The van der Waals surface area contributed by atoms with Crippen LogP contribution in [0.5, 0.6) is 0 Å². The van der Waals surface area contributed by atoms with Crippen LogP contribution in [0.1, 0.15) is 20.3 Å². The summed E-state index contributed by atoms with van der Waals surface area (Å²) in [5.74, 6) is -0.519. The maximum absolute atomic E-state index is 12.5. The topological polar surface area (TPSA) is 46.3 Å². The number of alkyl halides is 3. The van der Waals surface area contributed by atoms with Gasteiger partial charge in [0, 0.05) is 18.5 Å². The number of rotatable bonds is 1. The molecule has 0 aromatic carbocycles. The van der Waals surface area contributed by atoms with E-state index in [1.165, 1.54) is 0 Å². The van der Waals surface area contributed by atoms with E-state index in [9.17, 15) is 18.0 Å². The van der Waals surface area contributed by atoms with Crippen molar-refractivity contribution in [1.29, 1.82) is 0 Å². The van der Waals surface area contributed by atoms with Crippen LogP contribution in [0, 0.1) is 0 Å². The molecular formula is C8H13F3N2O. The molecule has 0 unspecified atom stereocenters. The molecule has 1 aliphatic rings. The van der Waals surface area contributed by atoms with Gasteiger partial charge in [-0.25, -0.2) is 0 Å². The Kier molecular flexibility index (Phi) is 2.76. The summed E-state index contributed by atoms with van der Waals surface area (Å²) in [5.41, 5.74) is 5.30. The van der Waals surface area contributed by atoms with Crippen LogP contribution < -0.4 is 5.73 Å². The summed E-state index contributed by atoms with van der Waals surface area (Å²) in [6, 6.07) is -3.43. The van der Waals surface area contributed by atoms with Gasteiger partial charge in [-0.15, -0.1) is 0 Å². The van der Waals surface area contributed by atoms with Gasteiger partial charge in [0.15, 0.2) is 0 Å². The molecule has 0 aromatic heterocycles. The van der Waals surface area contributed by atoms with Crippen LogP contribution in [-0.4, -0.2) is 35.1 Å². The van der Waals surface area contributed by atoms with Crippen LogP contribution in [0.2, 0.25) is 0 Å². The van der Waals surface area contributed by atoms with Crippen LogP contribution in [0.4, 0.5) is 13.2 Å². The van der Waals surface area contributed by atoms with Gasteiger partial charge in [-0.2, -0.15) is 13.2 Å². The number of carbonyl (C=O) groups excluding carboxylic acids is 1. The largest absolute Gasteiger partial charge is 0.410 e. The Morgan fingerprint density at radius 1 is 1.50 bits per heavy atom. The maximum atomic E-state index is 12.5. The number of hydrogen-bond acceptors (Lipinski definition) is 2. The standard InChI is InChI=1S/C8H13F3N2O/c1-4(2)13-6(14)3-5(12)7(13)8(9,10)11/h4-5,7H,3,12H2,1-2H3/t5-,7-/m0/s1. The number of hydrogen-bond donors (Lipinski definition) is 1. The first-order chi connectivity index (χ1) is 6.25. The quantitative estimate of drug-likeness (QED) is 0.698. The van der Waals surface area contributed by atoms with Crippen molar-refractivity contribution in [3.63, 3.8) is 0 Å². The normalized spacial score (nSPS) is 29.1. The van der Waals surface area contributed by atoms with Crippen molar-refractivity contribution in [3.8, 4) is 0 Å². The highest BCUT2D eigenvalue weighted by Gasteiger charge is 2.54. The van der Waals surface area contributed by atoms with Crippen LogP contribution in [-0.2, 0) is 4.79 Å². The minimum Gasteiger partial charge on any atom is -0.327 e. The van der Waals surface area contributed by atoms with Crippen molar-refractivity contribution >= 4 is 5.91 Å². The molecule has 6 heteroatoms. The fourth-order valence-corrected chi connectivity index (χ4v) is 1.79. The number of likely N-dealkylation sites (tertiary alicyclic amines) is 1. The Labute approximate surface area is 80.0 Å². The molecule has 0 spiro atoms. The van der Waals surface area contributed by atoms with Crippen LogP contribution in [0.15, 0.2) is 0 Å². The predicted octanol–water partition coefficient (Wildman–Crippen LogP) is 0.885. The molecule has 2 atom stereocenters. The minimum absolute atomic E-state index is 0.220.